The van der Waals surface area contributed by atoms with Gasteiger partial charge in [-0.2, -0.15) is 0 Å². The third-order valence-corrected chi connectivity index (χ3v) is 4.33. The van der Waals surface area contributed by atoms with Gasteiger partial charge in [-0.1, -0.05) is 13.3 Å². The van der Waals surface area contributed by atoms with E-state index >= 15 is 0 Å². The Kier molecular flexibility index (Phi) is 4.87. The van der Waals surface area contributed by atoms with Crippen molar-refractivity contribution in [3.05, 3.63) is 42.5 Å². The second kappa shape index (κ2) is 6.63. The zero-order chi connectivity index (χ0) is 13.7. The molecule has 0 bridgehead atoms. The SMILES string of the molecule is CCCCn1cncc1C[S+]([O-])c1ccc(N)cc1. The van der Waals surface area contributed by atoms with E-state index in [9.17, 15) is 4.55 Å². The molecule has 5 heteroatoms. The van der Waals surface area contributed by atoms with Gasteiger partial charge < -0.3 is 14.9 Å². The maximum Gasteiger partial charge on any atom is 0.153 e. The number of benzene rings is 1. The molecule has 1 atom stereocenters. The number of nitrogens with two attached hydrogens (primary N) is 1. The summed E-state index contributed by atoms with van der Waals surface area (Å²) in [5.41, 5.74) is 7.33. The van der Waals surface area contributed by atoms with E-state index in [1.807, 2.05) is 18.5 Å². The first kappa shape index (κ1) is 14.0. The van der Waals surface area contributed by atoms with Crippen LogP contribution in [-0.2, 0) is 23.5 Å². The molecule has 102 valence electrons. The maximum absolute atomic E-state index is 12.3. The molecule has 0 fully saturated rings. The highest BCUT2D eigenvalue weighted by Gasteiger charge is 2.14. The summed E-state index contributed by atoms with van der Waals surface area (Å²) in [6, 6.07) is 7.19. The first-order valence-electron chi connectivity index (χ1n) is 6.43. The van der Waals surface area contributed by atoms with Crippen LogP contribution in [0.2, 0.25) is 0 Å². The third-order valence-electron chi connectivity index (χ3n) is 2.97. The number of nitrogens with zero attached hydrogens (tertiary/aromatic N) is 2. The van der Waals surface area contributed by atoms with Gasteiger partial charge in [-0.15, -0.1) is 0 Å². The summed E-state index contributed by atoms with van der Waals surface area (Å²) >= 11 is -1.05. The first-order valence-corrected chi connectivity index (χ1v) is 7.75. The highest BCUT2D eigenvalue weighted by atomic mass is 32.2. The molecule has 0 amide bonds. The van der Waals surface area contributed by atoms with Crippen LogP contribution in [-0.4, -0.2) is 14.1 Å². The lowest BCUT2D eigenvalue weighted by Crippen LogP contribution is -2.10. The smallest absolute Gasteiger partial charge is 0.153 e. The summed E-state index contributed by atoms with van der Waals surface area (Å²) in [4.78, 5) is 4.95. The van der Waals surface area contributed by atoms with Crippen molar-refractivity contribution < 1.29 is 4.55 Å². The molecular weight excluding hydrogens is 258 g/mol. The molecule has 0 aliphatic carbocycles. The summed E-state index contributed by atoms with van der Waals surface area (Å²) in [5, 5.41) is 0. The van der Waals surface area contributed by atoms with Crippen LogP contribution in [0.5, 0.6) is 0 Å². The lowest BCUT2D eigenvalue weighted by atomic mass is 10.3. The molecule has 0 saturated heterocycles. The fraction of sp³-hybridized carbons (Fsp3) is 0.357. The Morgan fingerprint density at radius 1 is 1.32 bits per heavy atom. The van der Waals surface area contributed by atoms with Crippen molar-refractivity contribution in [2.45, 2.75) is 37.0 Å². The number of imidazole rings is 1. The predicted octanol–water partition coefficient (Wildman–Crippen LogP) is 2.57. The van der Waals surface area contributed by atoms with Crippen molar-refractivity contribution in [1.82, 2.24) is 9.55 Å². The quantitative estimate of drug-likeness (QED) is 0.652. The number of rotatable bonds is 6. The van der Waals surface area contributed by atoms with Crippen LogP contribution in [0.3, 0.4) is 0 Å². The zero-order valence-corrected chi connectivity index (χ0v) is 11.9. The van der Waals surface area contributed by atoms with Crippen LogP contribution in [0, 0.1) is 0 Å². The molecule has 0 saturated carbocycles. The molecule has 0 spiro atoms. The van der Waals surface area contributed by atoms with E-state index in [-0.39, 0.29) is 0 Å². The molecular formula is C14H19N3OS. The van der Waals surface area contributed by atoms with E-state index in [0.29, 0.717) is 11.4 Å². The van der Waals surface area contributed by atoms with Gasteiger partial charge in [-0.3, -0.25) is 0 Å². The first-order chi connectivity index (χ1) is 9.20. The van der Waals surface area contributed by atoms with Gasteiger partial charge >= 0.3 is 0 Å². The molecule has 19 heavy (non-hydrogen) atoms. The summed E-state index contributed by atoms with van der Waals surface area (Å²) in [5.74, 6) is 0.494. The summed E-state index contributed by atoms with van der Waals surface area (Å²) in [6.07, 6.45) is 5.85. The third kappa shape index (κ3) is 3.75. The molecule has 1 unspecified atom stereocenters. The topological polar surface area (TPSA) is 66.9 Å². The number of aryl methyl sites for hydroxylation is 1. The van der Waals surface area contributed by atoms with E-state index in [4.69, 9.17) is 5.73 Å². The lowest BCUT2D eigenvalue weighted by molar-refractivity contribution is 0.585. The maximum atomic E-state index is 12.3. The number of hydrogen-bond acceptors (Lipinski definition) is 3. The van der Waals surface area contributed by atoms with Gasteiger partial charge in [0.05, 0.1) is 18.2 Å². The predicted molar refractivity (Wildman–Crippen MR) is 78.1 cm³/mol. The minimum atomic E-state index is -1.05. The van der Waals surface area contributed by atoms with E-state index in [1.54, 1.807) is 18.3 Å². The minimum absolute atomic E-state index is 0.494. The van der Waals surface area contributed by atoms with Gasteiger partial charge in [-0.05, 0) is 41.9 Å². The number of anilines is 1. The summed E-state index contributed by atoms with van der Waals surface area (Å²) in [6.45, 7) is 3.09. The molecule has 2 N–H and O–H groups in total. The summed E-state index contributed by atoms with van der Waals surface area (Å²) in [7, 11) is 0. The molecule has 2 aromatic rings. The number of unbranched alkanes of at least 4 members (excludes halogenated alkanes) is 1. The van der Waals surface area contributed by atoms with Crippen LogP contribution >= 0.6 is 0 Å². The van der Waals surface area contributed by atoms with Gasteiger partial charge in [0, 0.05) is 12.2 Å². The van der Waals surface area contributed by atoms with Crippen LogP contribution < -0.4 is 5.73 Å². The fourth-order valence-electron chi connectivity index (χ4n) is 1.84. The monoisotopic (exact) mass is 277 g/mol. The second-order valence-electron chi connectivity index (χ2n) is 4.49. The zero-order valence-electron chi connectivity index (χ0n) is 11.1. The Bertz CT molecular complexity index is 510. The van der Waals surface area contributed by atoms with Crippen molar-refractivity contribution >= 4 is 16.9 Å². The molecule has 4 nitrogen and oxygen atoms in total. The molecule has 0 aliphatic rings. The lowest BCUT2D eigenvalue weighted by Gasteiger charge is -2.12. The van der Waals surface area contributed by atoms with Gasteiger partial charge in [0.2, 0.25) is 0 Å². The number of aromatic nitrogens is 2. The normalized spacial score (nSPS) is 12.5. The molecule has 1 heterocycles. The largest absolute Gasteiger partial charge is 0.611 e. The highest BCUT2D eigenvalue weighted by Crippen LogP contribution is 2.18. The van der Waals surface area contributed by atoms with Gasteiger partial charge in [0.15, 0.2) is 10.6 Å². The van der Waals surface area contributed by atoms with Crippen molar-refractivity contribution in [2.24, 2.45) is 0 Å². The molecule has 0 aliphatic heterocycles. The summed E-state index contributed by atoms with van der Waals surface area (Å²) < 4.78 is 14.4. The van der Waals surface area contributed by atoms with Crippen LogP contribution in [0.4, 0.5) is 5.69 Å². The second-order valence-corrected chi connectivity index (χ2v) is 5.94. The Morgan fingerprint density at radius 3 is 2.74 bits per heavy atom. The average Bonchev–Trinajstić information content (AvgIpc) is 2.84. The van der Waals surface area contributed by atoms with E-state index in [2.05, 4.69) is 16.5 Å². The van der Waals surface area contributed by atoms with Crippen LogP contribution in [0.15, 0.2) is 41.7 Å². The average molecular weight is 277 g/mol. The number of nitrogen functional groups attached to an aromatic ring is 1. The molecule has 0 radical (unpaired) electrons. The fourth-order valence-corrected chi connectivity index (χ4v) is 2.95. The Balaban J connectivity index is 2.04. The molecule has 2 rings (SSSR count). The van der Waals surface area contributed by atoms with Crippen molar-refractivity contribution in [3.8, 4) is 0 Å². The van der Waals surface area contributed by atoms with Gasteiger partial charge in [0.1, 0.15) is 0 Å². The van der Waals surface area contributed by atoms with Crippen molar-refractivity contribution in [2.75, 3.05) is 5.73 Å². The van der Waals surface area contributed by atoms with Crippen molar-refractivity contribution in [3.63, 3.8) is 0 Å². The Labute approximate surface area is 116 Å². The Morgan fingerprint density at radius 2 is 2.05 bits per heavy atom. The van der Waals surface area contributed by atoms with Gasteiger partial charge in [0.25, 0.3) is 0 Å². The molecule has 1 aromatic heterocycles. The van der Waals surface area contributed by atoms with E-state index < -0.39 is 11.2 Å². The van der Waals surface area contributed by atoms with Crippen LogP contribution in [0.1, 0.15) is 25.5 Å². The molecule has 1 aromatic carbocycles. The minimum Gasteiger partial charge on any atom is -0.611 e. The van der Waals surface area contributed by atoms with Crippen molar-refractivity contribution in [1.29, 1.82) is 0 Å². The number of hydrogen-bond donors (Lipinski definition) is 1. The highest BCUT2D eigenvalue weighted by molar-refractivity contribution is 7.90. The van der Waals surface area contributed by atoms with E-state index in [1.165, 1.54) is 0 Å². The standard InChI is InChI=1S/C14H19N3OS/c1-2-3-8-17-11-16-9-13(17)10-19(18)14-6-4-12(15)5-7-14/h4-7,9,11H,2-3,8,10,15H2,1H3. The van der Waals surface area contributed by atoms with Crippen LogP contribution in [0.25, 0.3) is 0 Å². The Hall–Kier alpha value is -1.46. The van der Waals surface area contributed by atoms with Gasteiger partial charge in [-0.25, -0.2) is 4.98 Å². The van der Waals surface area contributed by atoms with E-state index in [0.717, 1.165) is 30.0 Å².